The van der Waals surface area contributed by atoms with Crippen molar-refractivity contribution in [1.29, 1.82) is 0 Å². The van der Waals surface area contributed by atoms with Gasteiger partial charge in [-0.2, -0.15) is 0 Å². The lowest BCUT2D eigenvalue weighted by Gasteiger charge is -2.49. The van der Waals surface area contributed by atoms with Crippen LogP contribution in [0.4, 0.5) is 0 Å². The first kappa shape index (κ1) is 25.6. The van der Waals surface area contributed by atoms with Gasteiger partial charge in [-0.3, -0.25) is 0 Å². The summed E-state index contributed by atoms with van der Waals surface area (Å²) in [5, 5.41) is 0. The molecule has 27 heavy (non-hydrogen) atoms. The van der Waals surface area contributed by atoms with Crippen LogP contribution in [0.5, 0.6) is 0 Å². The van der Waals surface area contributed by atoms with E-state index in [-0.39, 0.29) is 0 Å². The Kier molecular flexibility index (Phi) is 7.35. The van der Waals surface area contributed by atoms with Gasteiger partial charge in [-0.25, -0.2) is 0 Å². The summed E-state index contributed by atoms with van der Waals surface area (Å²) < 4.78 is 48.7. The highest BCUT2D eigenvalue weighted by Crippen LogP contribution is 2.40. The molecule has 0 unspecified atom stereocenters. The highest BCUT2D eigenvalue weighted by molar-refractivity contribution is 7.42. The Hall–Kier alpha value is 2.36. The molecule has 1 spiro atoms. The molecule has 0 aromatic rings. The molecule has 2 rings (SSSR count). The Balaban J connectivity index is 2.51. The maximum atomic E-state index is 6.30. The minimum atomic E-state index is -3.84. The molecule has 2 saturated heterocycles. The monoisotopic (exact) mass is 584 g/mol. The van der Waals surface area contributed by atoms with Crippen LogP contribution in [0.15, 0.2) is 0 Å². The van der Waals surface area contributed by atoms with E-state index >= 15 is 0 Å². The topological polar surface area (TPSA) is 73.8 Å². The van der Waals surface area contributed by atoms with E-state index in [0.717, 1.165) is 0 Å². The van der Waals surface area contributed by atoms with E-state index in [9.17, 15) is 0 Å². The Morgan fingerprint density at radius 2 is 0.556 bits per heavy atom. The zero-order valence-corrected chi connectivity index (χ0v) is 26.3. The quantitative estimate of drug-likeness (QED) is 0.309. The molecule has 0 atom stereocenters. The van der Waals surface area contributed by atoms with E-state index in [1.165, 1.54) is 0 Å². The van der Waals surface area contributed by atoms with Crippen molar-refractivity contribution in [3.8, 4) is 0 Å². The van der Waals surface area contributed by atoms with Crippen LogP contribution in [0.2, 0.25) is 52.4 Å². The molecule has 0 aromatic heterocycles. The summed E-state index contributed by atoms with van der Waals surface area (Å²) in [5.74, 6) is 0. The van der Waals surface area contributed by atoms with E-state index in [0.29, 0.717) is 0 Å². The van der Waals surface area contributed by atoms with Crippen LogP contribution >= 0.6 is 44.3 Å². The summed E-state index contributed by atoms with van der Waals surface area (Å²) in [6.07, 6.45) is 0. The van der Waals surface area contributed by atoms with Gasteiger partial charge in [-0.15, -0.1) is 0 Å². The number of rotatable bonds is 0. The Morgan fingerprint density at radius 1 is 0.370 bits per heavy atom. The highest BCUT2D eigenvalue weighted by Gasteiger charge is 2.67. The molecule has 2 aliphatic heterocycles. The van der Waals surface area contributed by atoms with Crippen molar-refractivity contribution < 1.29 is 32.9 Å². The number of halogens is 4. The third kappa shape index (κ3) is 7.77. The Bertz CT molecular complexity index is 494. The summed E-state index contributed by atoms with van der Waals surface area (Å²) in [4.78, 5) is 0. The van der Waals surface area contributed by atoms with Crippen LogP contribution < -0.4 is 0 Å². The molecule has 2 heterocycles. The molecular formula is C8H24Cl4O8Si7. The molecule has 0 aromatic carbocycles. The summed E-state index contributed by atoms with van der Waals surface area (Å²) in [5.41, 5.74) is 0. The summed E-state index contributed by atoms with van der Waals surface area (Å²) in [6.45, 7) is 14.1. The largest absolute Gasteiger partial charge is 0.643 e. The van der Waals surface area contributed by atoms with Crippen molar-refractivity contribution in [1.82, 2.24) is 0 Å². The van der Waals surface area contributed by atoms with Gasteiger partial charge in [-0.1, -0.05) is 44.3 Å². The molecule has 2 fully saturated rings. The zero-order valence-electron chi connectivity index (χ0n) is 16.3. The first-order valence-corrected chi connectivity index (χ1v) is 28.6. The molecular weight excluding hydrogens is 562 g/mol. The predicted octanol–water partition coefficient (Wildman–Crippen LogP) is 4.22. The minimum Gasteiger partial charge on any atom is -0.392 e. The SMILES string of the molecule is C[Si]1(C)O[Si](Cl)(Cl)O[Si](C)(C)O[Si]2(O1)O[Si](C)(C)O[Si](Cl)(Cl)O[Si](C)(C)O2. The molecule has 0 N–H and O–H groups in total. The molecule has 0 saturated carbocycles. The lowest BCUT2D eigenvalue weighted by Crippen LogP contribution is -2.73. The average Bonchev–Trinajstić information content (AvgIpc) is 2.11. The van der Waals surface area contributed by atoms with Gasteiger partial charge in [-0.05, 0) is 52.4 Å². The summed E-state index contributed by atoms with van der Waals surface area (Å²) in [6, 6.07) is 0. The summed E-state index contributed by atoms with van der Waals surface area (Å²) >= 11 is 25.2. The molecule has 0 amide bonds. The van der Waals surface area contributed by atoms with Gasteiger partial charge in [0.05, 0.1) is 0 Å². The molecule has 0 aliphatic carbocycles. The van der Waals surface area contributed by atoms with E-state index < -0.39 is 57.7 Å². The minimum absolute atomic E-state index is 1.76. The fourth-order valence-electron chi connectivity index (χ4n) is 2.60. The van der Waals surface area contributed by atoms with Crippen LogP contribution in [0.25, 0.3) is 0 Å². The maximum Gasteiger partial charge on any atom is 0.643 e. The van der Waals surface area contributed by atoms with Crippen molar-refractivity contribution in [2.75, 3.05) is 0 Å². The van der Waals surface area contributed by atoms with Crippen LogP contribution in [0.3, 0.4) is 0 Å². The number of hydrogen-bond acceptors (Lipinski definition) is 8. The molecule has 0 radical (unpaired) electrons. The van der Waals surface area contributed by atoms with Gasteiger partial charge >= 0.3 is 57.7 Å². The summed E-state index contributed by atoms with van der Waals surface area (Å²) in [7, 11) is -22.7. The maximum absolute atomic E-state index is 6.30. The normalized spacial score (nSPS) is 33.3. The van der Waals surface area contributed by atoms with Gasteiger partial charge < -0.3 is 32.9 Å². The third-order valence-corrected chi connectivity index (χ3v) is 32.0. The van der Waals surface area contributed by atoms with Crippen molar-refractivity contribution in [3.63, 3.8) is 0 Å². The molecule has 0 bridgehead atoms. The van der Waals surface area contributed by atoms with Gasteiger partial charge in [0.15, 0.2) is 0 Å². The molecule has 19 heteroatoms. The second-order valence-electron chi connectivity index (χ2n) is 7.84. The highest BCUT2D eigenvalue weighted by atomic mass is 35.7. The zero-order chi connectivity index (χ0) is 21.2. The van der Waals surface area contributed by atoms with Gasteiger partial charge in [0.2, 0.25) is 0 Å². The van der Waals surface area contributed by atoms with E-state index in [1.54, 1.807) is 52.4 Å². The Labute approximate surface area is 186 Å². The van der Waals surface area contributed by atoms with Gasteiger partial charge in [0.1, 0.15) is 0 Å². The van der Waals surface area contributed by atoms with Crippen LogP contribution in [0.1, 0.15) is 0 Å². The van der Waals surface area contributed by atoms with Crippen molar-refractivity contribution >= 4 is 102 Å². The van der Waals surface area contributed by atoms with Crippen molar-refractivity contribution in [2.24, 2.45) is 0 Å². The van der Waals surface area contributed by atoms with Crippen LogP contribution in [0, 0.1) is 0 Å². The van der Waals surface area contributed by atoms with E-state index in [2.05, 4.69) is 0 Å². The predicted molar refractivity (Wildman–Crippen MR) is 119 cm³/mol. The third-order valence-electron chi connectivity index (χ3n) is 2.94. The van der Waals surface area contributed by atoms with E-state index in [4.69, 9.17) is 77.2 Å². The first-order chi connectivity index (χ1) is 11.7. The van der Waals surface area contributed by atoms with Crippen LogP contribution in [-0.2, 0) is 32.9 Å². The number of hydrogen-bond donors (Lipinski definition) is 0. The van der Waals surface area contributed by atoms with Crippen LogP contribution in [-0.4, -0.2) is 57.7 Å². The second kappa shape index (κ2) is 7.74. The fraction of sp³-hybridized carbons (Fsp3) is 1.00. The van der Waals surface area contributed by atoms with Gasteiger partial charge in [0, 0.05) is 0 Å². The molecule has 2 aliphatic rings. The lowest BCUT2D eigenvalue weighted by atomic mass is 11.9. The van der Waals surface area contributed by atoms with Crippen molar-refractivity contribution in [2.45, 2.75) is 52.4 Å². The Morgan fingerprint density at radius 3 is 0.741 bits per heavy atom. The molecule has 160 valence electrons. The van der Waals surface area contributed by atoms with Crippen molar-refractivity contribution in [3.05, 3.63) is 0 Å². The fourth-order valence-corrected chi connectivity index (χ4v) is 41.3. The average molecular weight is 587 g/mol. The lowest BCUT2D eigenvalue weighted by molar-refractivity contribution is 0.0837. The first-order valence-electron chi connectivity index (χ1n) is 8.02. The van der Waals surface area contributed by atoms with Gasteiger partial charge in [0.25, 0.3) is 0 Å². The van der Waals surface area contributed by atoms with E-state index in [1.807, 2.05) is 0 Å². The smallest absolute Gasteiger partial charge is 0.392 e. The second-order valence-corrected chi connectivity index (χ2v) is 35.6. The molecule has 8 nitrogen and oxygen atoms in total. The standard InChI is InChI=1S/C8H24Cl4O8Si7/c1-21(2)13-25(9,10)14-22(3,4)18-27(17-21)19-23(5,6)15-26(11,12)16-24(7,8)20-27/h1-8H3.